The average molecular weight is 219 g/mol. The zero-order valence-corrected chi connectivity index (χ0v) is 9.88. The summed E-state index contributed by atoms with van der Waals surface area (Å²) in [7, 11) is 0. The van der Waals surface area contributed by atoms with Crippen LogP contribution < -0.4 is 0 Å². The van der Waals surface area contributed by atoms with E-state index in [2.05, 4.69) is 12.7 Å². The highest BCUT2D eigenvalue weighted by Crippen LogP contribution is 2.21. The van der Waals surface area contributed by atoms with Crippen molar-refractivity contribution in [1.82, 2.24) is 0 Å². The van der Waals surface area contributed by atoms with Gasteiger partial charge in [-0.05, 0) is 37.1 Å². The standard InChI is InChI=1S/C14H15Cl/c1-4-6-12(9-11(2)3)13-7-5-8-14(15)10-13/h4-10H,2H2,1,3H3/b6-4-,12-9+. The second kappa shape index (κ2) is 5.57. The van der Waals surface area contributed by atoms with Gasteiger partial charge in [0.05, 0.1) is 0 Å². The second-order valence-electron chi connectivity index (χ2n) is 3.46. The number of rotatable bonds is 3. The molecule has 0 bridgehead atoms. The van der Waals surface area contributed by atoms with Gasteiger partial charge in [0.15, 0.2) is 0 Å². The van der Waals surface area contributed by atoms with Gasteiger partial charge in [0.2, 0.25) is 0 Å². The fourth-order valence-corrected chi connectivity index (χ4v) is 1.53. The monoisotopic (exact) mass is 218 g/mol. The molecule has 1 aromatic carbocycles. The van der Waals surface area contributed by atoms with Crippen molar-refractivity contribution in [3.63, 3.8) is 0 Å². The van der Waals surface area contributed by atoms with E-state index in [9.17, 15) is 0 Å². The summed E-state index contributed by atoms with van der Waals surface area (Å²) >= 11 is 5.95. The van der Waals surface area contributed by atoms with Crippen LogP contribution in [0, 0.1) is 0 Å². The quantitative estimate of drug-likeness (QED) is 0.635. The maximum Gasteiger partial charge on any atom is 0.0412 e. The summed E-state index contributed by atoms with van der Waals surface area (Å²) in [4.78, 5) is 0. The Balaban J connectivity index is 3.15. The van der Waals surface area contributed by atoms with Crippen LogP contribution in [0.2, 0.25) is 5.02 Å². The van der Waals surface area contributed by atoms with Crippen molar-refractivity contribution in [2.24, 2.45) is 0 Å². The molecule has 0 unspecified atom stereocenters. The topological polar surface area (TPSA) is 0 Å². The highest BCUT2D eigenvalue weighted by molar-refractivity contribution is 6.30. The van der Waals surface area contributed by atoms with Crippen LogP contribution in [0.15, 0.2) is 54.6 Å². The summed E-state index contributed by atoms with van der Waals surface area (Å²) < 4.78 is 0. The third-order valence-electron chi connectivity index (χ3n) is 1.91. The van der Waals surface area contributed by atoms with Gasteiger partial charge in [0, 0.05) is 5.02 Å². The molecule has 0 saturated heterocycles. The third-order valence-corrected chi connectivity index (χ3v) is 2.14. The van der Waals surface area contributed by atoms with Gasteiger partial charge in [-0.3, -0.25) is 0 Å². The summed E-state index contributed by atoms with van der Waals surface area (Å²) in [6, 6.07) is 7.82. The van der Waals surface area contributed by atoms with E-state index in [0.717, 1.165) is 21.7 Å². The smallest absolute Gasteiger partial charge is 0.0412 e. The van der Waals surface area contributed by atoms with E-state index in [0.29, 0.717) is 0 Å². The van der Waals surface area contributed by atoms with Gasteiger partial charge in [-0.2, -0.15) is 0 Å². The molecule has 0 aliphatic carbocycles. The summed E-state index contributed by atoms with van der Waals surface area (Å²) in [5.41, 5.74) is 3.28. The van der Waals surface area contributed by atoms with Gasteiger partial charge in [-0.15, -0.1) is 0 Å². The predicted molar refractivity (Wildman–Crippen MR) is 69.1 cm³/mol. The predicted octanol–water partition coefficient (Wildman–Crippen LogP) is 4.88. The van der Waals surface area contributed by atoms with Crippen molar-refractivity contribution in [3.05, 3.63) is 65.2 Å². The van der Waals surface area contributed by atoms with Crippen molar-refractivity contribution < 1.29 is 0 Å². The molecule has 0 saturated carbocycles. The van der Waals surface area contributed by atoms with E-state index in [1.165, 1.54) is 0 Å². The number of hydrogen-bond acceptors (Lipinski definition) is 0. The van der Waals surface area contributed by atoms with Crippen LogP contribution in [0.25, 0.3) is 5.57 Å². The first-order valence-corrected chi connectivity index (χ1v) is 5.27. The van der Waals surface area contributed by atoms with Crippen LogP contribution in [0.3, 0.4) is 0 Å². The van der Waals surface area contributed by atoms with Crippen LogP contribution in [0.1, 0.15) is 19.4 Å². The van der Waals surface area contributed by atoms with Crippen LogP contribution in [-0.4, -0.2) is 0 Å². The third kappa shape index (κ3) is 3.77. The summed E-state index contributed by atoms with van der Waals surface area (Å²) in [5, 5.41) is 0.754. The maximum absolute atomic E-state index is 5.95. The minimum Gasteiger partial charge on any atom is -0.0961 e. The maximum atomic E-state index is 5.95. The lowest BCUT2D eigenvalue weighted by atomic mass is 10.0. The lowest BCUT2D eigenvalue weighted by Crippen LogP contribution is -1.81. The number of allylic oxidation sites excluding steroid dienone is 5. The molecule has 0 aromatic heterocycles. The van der Waals surface area contributed by atoms with E-state index in [1.807, 2.05) is 50.3 Å². The Labute approximate surface area is 96.6 Å². The normalized spacial score (nSPS) is 12.1. The SMILES string of the molecule is C=C(C)/C=C(\C=C/C)c1cccc(Cl)c1. The summed E-state index contributed by atoms with van der Waals surface area (Å²) in [6.07, 6.45) is 6.11. The van der Waals surface area contributed by atoms with E-state index < -0.39 is 0 Å². The Morgan fingerprint density at radius 1 is 1.40 bits per heavy atom. The Hall–Kier alpha value is -1.27. The Morgan fingerprint density at radius 2 is 2.13 bits per heavy atom. The van der Waals surface area contributed by atoms with Gasteiger partial charge >= 0.3 is 0 Å². The van der Waals surface area contributed by atoms with Crippen LogP contribution in [0.5, 0.6) is 0 Å². The van der Waals surface area contributed by atoms with Gasteiger partial charge < -0.3 is 0 Å². The van der Waals surface area contributed by atoms with Crippen LogP contribution >= 0.6 is 11.6 Å². The minimum atomic E-state index is 0.754. The van der Waals surface area contributed by atoms with Gasteiger partial charge in [0.1, 0.15) is 0 Å². The lowest BCUT2D eigenvalue weighted by molar-refractivity contribution is 1.53. The summed E-state index contributed by atoms with van der Waals surface area (Å²) in [6.45, 7) is 7.86. The van der Waals surface area contributed by atoms with Crippen molar-refractivity contribution in [1.29, 1.82) is 0 Å². The molecule has 0 N–H and O–H groups in total. The first-order valence-electron chi connectivity index (χ1n) is 4.89. The molecule has 1 aromatic rings. The molecule has 0 aliphatic heterocycles. The number of hydrogen-bond donors (Lipinski definition) is 0. The van der Waals surface area contributed by atoms with E-state index >= 15 is 0 Å². The zero-order chi connectivity index (χ0) is 11.3. The first kappa shape index (κ1) is 11.8. The van der Waals surface area contributed by atoms with Crippen molar-refractivity contribution in [2.75, 3.05) is 0 Å². The Kier molecular flexibility index (Phi) is 4.38. The number of benzene rings is 1. The van der Waals surface area contributed by atoms with Gasteiger partial charge in [-0.25, -0.2) is 0 Å². The number of halogens is 1. The van der Waals surface area contributed by atoms with E-state index in [-0.39, 0.29) is 0 Å². The highest BCUT2D eigenvalue weighted by atomic mass is 35.5. The molecule has 0 amide bonds. The molecule has 0 nitrogen and oxygen atoms in total. The Bertz CT molecular complexity index is 411. The molecule has 1 rings (SSSR count). The molecule has 78 valence electrons. The molecular weight excluding hydrogens is 204 g/mol. The largest absolute Gasteiger partial charge is 0.0961 e. The molecule has 0 spiro atoms. The molecule has 0 fully saturated rings. The van der Waals surface area contributed by atoms with Gasteiger partial charge in [-0.1, -0.05) is 54.1 Å². The molecule has 15 heavy (non-hydrogen) atoms. The molecule has 0 atom stereocenters. The lowest BCUT2D eigenvalue weighted by Gasteiger charge is -2.03. The highest BCUT2D eigenvalue weighted by Gasteiger charge is 1.98. The Morgan fingerprint density at radius 3 is 2.67 bits per heavy atom. The molecule has 0 radical (unpaired) electrons. The van der Waals surface area contributed by atoms with E-state index in [1.54, 1.807) is 0 Å². The average Bonchev–Trinajstić information content (AvgIpc) is 2.16. The second-order valence-corrected chi connectivity index (χ2v) is 3.89. The zero-order valence-electron chi connectivity index (χ0n) is 9.13. The minimum absolute atomic E-state index is 0.754. The summed E-state index contributed by atoms with van der Waals surface area (Å²) in [5.74, 6) is 0. The van der Waals surface area contributed by atoms with Crippen molar-refractivity contribution in [3.8, 4) is 0 Å². The van der Waals surface area contributed by atoms with E-state index in [4.69, 9.17) is 11.6 Å². The molecular formula is C14H15Cl. The molecule has 0 aliphatic rings. The van der Waals surface area contributed by atoms with Gasteiger partial charge in [0.25, 0.3) is 0 Å². The fourth-order valence-electron chi connectivity index (χ4n) is 1.34. The van der Waals surface area contributed by atoms with Crippen LogP contribution in [0.4, 0.5) is 0 Å². The molecule has 1 heteroatoms. The first-order chi connectivity index (χ1) is 7.13. The van der Waals surface area contributed by atoms with Crippen LogP contribution in [-0.2, 0) is 0 Å². The van der Waals surface area contributed by atoms with Crippen molar-refractivity contribution >= 4 is 17.2 Å². The fraction of sp³-hybridized carbons (Fsp3) is 0.143. The molecule has 0 heterocycles. The van der Waals surface area contributed by atoms with Crippen molar-refractivity contribution in [2.45, 2.75) is 13.8 Å².